The van der Waals surface area contributed by atoms with Crippen LogP contribution in [-0.2, 0) is 4.74 Å². The van der Waals surface area contributed by atoms with E-state index in [1.807, 2.05) is 12.1 Å². The zero-order valence-electron chi connectivity index (χ0n) is 11.9. The highest BCUT2D eigenvalue weighted by Crippen LogP contribution is 2.40. The van der Waals surface area contributed by atoms with Gasteiger partial charge in [0.05, 0.1) is 19.9 Å². The summed E-state index contributed by atoms with van der Waals surface area (Å²) < 4.78 is 10.3. The number of fused-ring (bicyclic) bond motifs is 2. The Balaban J connectivity index is 2.03. The number of aryl methyl sites for hydroxylation is 1. The lowest BCUT2D eigenvalue weighted by Crippen LogP contribution is -2.41. The highest BCUT2D eigenvalue weighted by Gasteiger charge is 2.36. The molecule has 1 N–H and O–H groups in total. The van der Waals surface area contributed by atoms with Crippen LogP contribution in [0.15, 0.2) is 17.7 Å². The number of rotatable bonds is 1. The summed E-state index contributed by atoms with van der Waals surface area (Å²) in [6.07, 6.45) is 2.59. The Hall–Kier alpha value is -2.17. The number of hydrogen-bond donors (Lipinski definition) is 1. The van der Waals surface area contributed by atoms with E-state index in [0.29, 0.717) is 6.54 Å². The maximum Gasteiger partial charge on any atom is 0.411 e. The predicted octanol–water partition coefficient (Wildman–Crippen LogP) is 2.61. The van der Waals surface area contributed by atoms with Crippen molar-refractivity contribution in [3.05, 3.63) is 28.8 Å². The molecule has 0 saturated carbocycles. The summed E-state index contributed by atoms with van der Waals surface area (Å²) in [7, 11) is 3.06. The van der Waals surface area contributed by atoms with E-state index in [0.717, 1.165) is 23.4 Å². The van der Waals surface area contributed by atoms with Crippen LogP contribution in [0.3, 0.4) is 0 Å². The van der Waals surface area contributed by atoms with E-state index in [4.69, 9.17) is 9.47 Å². The van der Waals surface area contributed by atoms with Crippen molar-refractivity contribution in [2.24, 2.45) is 0 Å². The Morgan fingerprint density at radius 2 is 2.20 bits per heavy atom. The maximum absolute atomic E-state index is 11.8. The molecule has 1 fully saturated rings. The highest BCUT2D eigenvalue weighted by molar-refractivity contribution is 5.82. The maximum atomic E-state index is 11.8. The van der Waals surface area contributed by atoms with Crippen molar-refractivity contribution in [2.45, 2.75) is 19.5 Å². The van der Waals surface area contributed by atoms with Crippen molar-refractivity contribution in [3.8, 4) is 5.75 Å². The number of likely N-dealkylation sites (tertiary alicyclic amines) is 1. The van der Waals surface area contributed by atoms with Crippen molar-refractivity contribution < 1.29 is 14.3 Å². The number of benzene rings is 1. The third kappa shape index (κ3) is 1.81. The van der Waals surface area contributed by atoms with Crippen molar-refractivity contribution in [2.75, 3.05) is 26.1 Å². The molecule has 1 unspecified atom stereocenters. The van der Waals surface area contributed by atoms with Crippen molar-refractivity contribution in [1.82, 2.24) is 4.90 Å². The van der Waals surface area contributed by atoms with Gasteiger partial charge in [-0.05, 0) is 36.6 Å². The number of nitrogens with one attached hydrogen (secondary N) is 1. The first kappa shape index (κ1) is 12.8. The Kier molecular flexibility index (Phi) is 3.04. The summed E-state index contributed by atoms with van der Waals surface area (Å²) in [5.74, 6) is 0.789. The van der Waals surface area contributed by atoms with Gasteiger partial charge in [0.15, 0.2) is 0 Å². The Labute approximate surface area is 118 Å². The fourth-order valence-corrected chi connectivity index (χ4v) is 2.88. The molecule has 20 heavy (non-hydrogen) atoms. The first-order valence-corrected chi connectivity index (χ1v) is 6.65. The number of anilines is 1. The molecule has 5 heteroatoms. The fraction of sp³-hybridized carbons (Fsp3) is 0.400. The molecule has 106 valence electrons. The zero-order chi connectivity index (χ0) is 14.3. The van der Waals surface area contributed by atoms with Gasteiger partial charge in [-0.25, -0.2) is 4.79 Å². The van der Waals surface area contributed by atoms with E-state index >= 15 is 0 Å². The summed E-state index contributed by atoms with van der Waals surface area (Å²) in [4.78, 5) is 13.5. The van der Waals surface area contributed by atoms with Gasteiger partial charge in [0, 0.05) is 12.1 Å². The normalized spacial score (nSPS) is 19.6. The van der Waals surface area contributed by atoms with Crippen LogP contribution in [0.4, 0.5) is 10.5 Å². The second-order valence-corrected chi connectivity index (χ2v) is 5.05. The number of nitrogens with zero attached hydrogens (tertiary/aromatic N) is 1. The molecule has 0 aromatic heterocycles. The average molecular weight is 274 g/mol. The molecule has 1 aromatic carbocycles. The highest BCUT2D eigenvalue weighted by atomic mass is 16.5. The predicted molar refractivity (Wildman–Crippen MR) is 76.8 cm³/mol. The largest absolute Gasteiger partial charge is 0.495 e. The number of hydrogen-bond acceptors (Lipinski definition) is 4. The van der Waals surface area contributed by atoms with Crippen LogP contribution in [-0.4, -0.2) is 37.9 Å². The van der Waals surface area contributed by atoms with Gasteiger partial charge in [0.1, 0.15) is 11.9 Å². The first-order valence-electron chi connectivity index (χ1n) is 6.65. The molecule has 2 aliphatic heterocycles. The molecule has 1 aromatic rings. The number of carbonyl (C=O) groups is 1. The summed E-state index contributed by atoms with van der Waals surface area (Å²) >= 11 is 0. The SMILES string of the molecule is COC(=O)N1CCC2=Cc3c(C)ccc(OC)c3NC21. The molecular formula is C15H18N2O3. The minimum absolute atomic E-state index is 0.134. The lowest BCUT2D eigenvalue weighted by Gasteiger charge is -2.30. The average Bonchev–Trinajstić information content (AvgIpc) is 2.88. The van der Waals surface area contributed by atoms with Gasteiger partial charge in [-0.2, -0.15) is 0 Å². The van der Waals surface area contributed by atoms with Crippen molar-refractivity contribution >= 4 is 17.9 Å². The van der Waals surface area contributed by atoms with E-state index < -0.39 is 0 Å². The van der Waals surface area contributed by atoms with Gasteiger partial charge in [-0.1, -0.05) is 6.07 Å². The third-order valence-electron chi connectivity index (χ3n) is 3.97. The lowest BCUT2D eigenvalue weighted by atomic mass is 9.97. The standard InChI is InChI=1S/C15H18N2O3/c1-9-4-5-12(19-2)13-11(9)8-10-6-7-17(14(10)16-13)15(18)20-3/h4-5,8,14,16H,6-7H2,1-3H3. The molecule has 2 aliphatic rings. The van der Waals surface area contributed by atoms with Gasteiger partial charge >= 0.3 is 6.09 Å². The van der Waals surface area contributed by atoms with E-state index in [9.17, 15) is 4.79 Å². The Morgan fingerprint density at radius 1 is 1.40 bits per heavy atom. The molecule has 0 bridgehead atoms. The van der Waals surface area contributed by atoms with Crippen LogP contribution in [0.25, 0.3) is 6.08 Å². The lowest BCUT2D eigenvalue weighted by molar-refractivity contribution is 0.125. The molecule has 0 radical (unpaired) electrons. The van der Waals surface area contributed by atoms with E-state index in [1.54, 1.807) is 12.0 Å². The number of amides is 1. The Bertz CT molecular complexity index is 595. The van der Waals surface area contributed by atoms with Crippen LogP contribution in [0.1, 0.15) is 17.5 Å². The summed E-state index contributed by atoms with van der Waals surface area (Å²) in [5.41, 5.74) is 4.48. The van der Waals surface area contributed by atoms with Gasteiger partial charge < -0.3 is 14.8 Å². The van der Waals surface area contributed by atoms with Crippen LogP contribution in [0.2, 0.25) is 0 Å². The molecule has 1 saturated heterocycles. The van der Waals surface area contributed by atoms with E-state index in [2.05, 4.69) is 18.3 Å². The van der Waals surface area contributed by atoms with Gasteiger partial charge in [-0.3, -0.25) is 4.90 Å². The van der Waals surface area contributed by atoms with Crippen molar-refractivity contribution in [1.29, 1.82) is 0 Å². The van der Waals surface area contributed by atoms with Gasteiger partial charge in [0.2, 0.25) is 0 Å². The number of methoxy groups -OCH3 is 2. The van der Waals surface area contributed by atoms with Crippen LogP contribution in [0.5, 0.6) is 5.75 Å². The summed E-state index contributed by atoms with van der Waals surface area (Å²) in [6.45, 7) is 2.75. The van der Waals surface area contributed by atoms with E-state index in [1.165, 1.54) is 18.2 Å². The van der Waals surface area contributed by atoms with Crippen molar-refractivity contribution in [3.63, 3.8) is 0 Å². The summed E-state index contributed by atoms with van der Waals surface area (Å²) in [6, 6.07) is 3.99. The van der Waals surface area contributed by atoms with Crippen LogP contribution < -0.4 is 10.1 Å². The quantitative estimate of drug-likeness (QED) is 0.855. The van der Waals surface area contributed by atoms with Crippen LogP contribution >= 0.6 is 0 Å². The molecule has 1 amide bonds. The smallest absolute Gasteiger partial charge is 0.411 e. The van der Waals surface area contributed by atoms with Gasteiger partial charge in [-0.15, -0.1) is 0 Å². The monoisotopic (exact) mass is 274 g/mol. The number of ether oxygens (including phenoxy) is 2. The second kappa shape index (κ2) is 4.74. The minimum atomic E-state index is -0.305. The Morgan fingerprint density at radius 3 is 2.90 bits per heavy atom. The second-order valence-electron chi connectivity index (χ2n) is 5.05. The molecule has 2 heterocycles. The van der Waals surface area contributed by atoms with Gasteiger partial charge in [0.25, 0.3) is 0 Å². The molecule has 5 nitrogen and oxygen atoms in total. The fourth-order valence-electron chi connectivity index (χ4n) is 2.88. The van der Waals surface area contributed by atoms with E-state index in [-0.39, 0.29) is 12.3 Å². The molecule has 1 atom stereocenters. The summed E-state index contributed by atoms with van der Waals surface area (Å²) in [5, 5.41) is 3.42. The van der Waals surface area contributed by atoms with Crippen LogP contribution in [0, 0.1) is 6.92 Å². The number of carbonyl (C=O) groups excluding carboxylic acids is 1. The molecule has 3 rings (SSSR count). The third-order valence-corrected chi connectivity index (χ3v) is 3.97. The molecular weight excluding hydrogens is 256 g/mol. The molecule has 0 spiro atoms. The topological polar surface area (TPSA) is 50.8 Å². The zero-order valence-corrected chi connectivity index (χ0v) is 11.9. The first-order chi connectivity index (χ1) is 9.65. The molecule has 0 aliphatic carbocycles. The minimum Gasteiger partial charge on any atom is -0.495 e.